The van der Waals surface area contributed by atoms with Crippen molar-refractivity contribution in [3.63, 3.8) is 0 Å². The monoisotopic (exact) mass is 293 g/mol. The quantitative estimate of drug-likeness (QED) is 0.777. The second-order valence-electron chi connectivity index (χ2n) is 4.37. The van der Waals surface area contributed by atoms with Crippen molar-refractivity contribution >= 4 is 12.1 Å². The normalized spacial score (nSPS) is 13.0. The summed E-state index contributed by atoms with van der Waals surface area (Å²) < 4.78 is 10.1. The number of likely N-dealkylation sites (N-methyl/N-ethyl adjacent to an activating group) is 1. The number of aliphatic carboxylic acids is 1. The van der Waals surface area contributed by atoms with Crippen molar-refractivity contribution in [1.82, 2.24) is 4.90 Å². The Kier molecular flexibility index (Phi) is 6.42. The maximum atomic E-state index is 11.9. The van der Waals surface area contributed by atoms with Gasteiger partial charge in [-0.1, -0.05) is 36.4 Å². The van der Waals surface area contributed by atoms with Gasteiger partial charge < -0.3 is 14.6 Å². The van der Waals surface area contributed by atoms with E-state index in [1.54, 1.807) is 0 Å². The molecule has 6 nitrogen and oxygen atoms in total. The minimum absolute atomic E-state index is 0.0715. The van der Waals surface area contributed by atoms with Crippen molar-refractivity contribution in [3.05, 3.63) is 48.6 Å². The van der Waals surface area contributed by atoms with E-state index in [0.717, 1.165) is 10.5 Å². The lowest BCUT2D eigenvalue weighted by Crippen LogP contribution is -2.49. The van der Waals surface area contributed by atoms with Crippen LogP contribution in [-0.2, 0) is 20.9 Å². The predicted octanol–water partition coefficient (Wildman–Crippen LogP) is 1.91. The molecule has 114 valence electrons. The summed E-state index contributed by atoms with van der Waals surface area (Å²) in [5.74, 6) is -1.19. The van der Waals surface area contributed by atoms with E-state index < -0.39 is 24.2 Å². The van der Waals surface area contributed by atoms with E-state index in [1.807, 2.05) is 30.3 Å². The summed E-state index contributed by atoms with van der Waals surface area (Å²) in [6.07, 6.45) is -0.230. The van der Waals surface area contributed by atoms with Crippen LogP contribution >= 0.6 is 0 Å². The van der Waals surface area contributed by atoms with E-state index >= 15 is 0 Å². The number of carbonyl (C=O) groups is 2. The van der Waals surface area contributed by atoms with Gasteiger partial charge in [0.1, 0.15) is 12.7 Å². The molecule has 0 aliphatic rings. The number of hydrogen-bond donors (Lipinski definition) is 1. The number of carbonyl (C=O) groups excluding carboxylic acids is 1. The molecule has 0 heterocycles. The molecular weight excluding hydrogens is 274 g/mol. The fourth-order valence-electron chi connectivity index (χ4n) is 1.82. The van der Waals surface area contributed by atoms with Crippen LogP contribution in [-0.4, -0.2) is 48.4 Å². The number of carboxylic acid groups (broad SMARTS) is 1. The fourth-order valence-corrected chi connectivity index (χ4v) is 1.82. The van der Waals surface area contributed by atoms with E-state index in [0.29, 0.717) is 0 Å². The summed E-state index contributed by atoms with van der Waals surface area (Å²) in [4.78, 5) is 24.2. The average Bonchev–Trinajstić information content (AvgIpc) is 2.50. The van der Waals surface area contributed by atoms with Crippen LogP contribution in [0.25, 0.3) is 0 Å². The van der Waals surface area contributed by atoms with Gasteiger partial charge in [-0.05, 0) is 5.56 Å². The summed E-state index contributed by atoms with van der Waals surface area (Å²) in [7, 11) is 2.70. The largest absolute Gasteiger partial charge is 0.480 e. The van der Waals surface area contributed by atoms with Gasteiger partial charge in [0.05, 0.1) is 0 Å². The van der Waals surface area contributed by atoms with Gasteiger partial charge in [-0.2, -0.15) is 0 Å². The van der Waals surface area contributed by atoms with Crippen molar-refractivity contribution in [2.45, 2.75) is 18.8 Å². The first-order valence-electron chi connectivity index (χ1n) is 6.33. The number of benzene rings is 1. The van der Waals surface area contributed by atoms with Crippen molar-refractivity contribution in [1.29, 1.82) is 0 Å². The Morgan fingerprint density at radius 3 is 2.48 bits per heavy atom. The number of ether oxygens (including phenoxy) is 2. The lowest BCUT2D eigenvalue weighted by atomic mass is 10.1. The Balaban J connectivity index is 2.70. The molecule has 0 unspecified atom stereocenters. The molecule has 1 aromatic rings. The molecule has 0 aliphatic heterocycles. The first-order valence-corrected chi connectivity index (χ1v) is 6.33. The van der Waals surface area contributed by atoms with Crippen LogP contribution in [0.15, 0.2) is 43.0 Å². The molecule has 1 rings (SSSR count). The zero-order valence-corrected chi connectivity index (χ0v) is 12.1. The third-order valence-corrected chi connectivity index (χ3v) is 2.98. The molecule has 0 saturated carbocycles. The van der Waals surface area contributed by atoms with Gasteiger partial charge in [-0.3, -0.25) is 4.90 Å². The van der Waals surface area contributed by atoms with Crippen LogP contribution in [0.1, 0.15) is 5.56 Å². The van der Waals surface area contributed by atoms with E-state index in [2.05, 4.69) is 6.58 Å². The van der Waals surface area contributed by atoms with Gasteiger partial charge in [0.15, 0.2) is 6.04 Å². The molecule has 6 heteroatoms. The number of carboxylic acids is 1. The fraction of sp³-hybridized carbons (Fsp3) is 0.333. The Bertz CT molecular complexity index is 488. The molecule has 0 aliphatic carbocycles. The second kappa shape index (κ2) is 8.06. The van der Waals surface area contributed by atoms with Gasteiger partial charge in [-0.15, -0.1) is 6.58 Å². The molecule has 1 N–H and O–H groups in total. The molecule has 1 amide bonds. The smallest absolute Gasteiger partial charge is 0.410 e. The summed E-state index contributed by atoms with van der Waals surface area (Å²) in [6.45, 7) is 3.57. The highest BCUT2D eigenvalue weighted by Gasteiger charge is 2.34. The molecule has 0 fully saturated rings. The summed E-state index contributed by atoms with van der Waals surface area (Å²) >= 11 is 0. The zero-order chi connectivity index (χ0) is 15.8. The first-order chi connectivity index (χ1) is 10.0. The average molecular weight is 293 g/mol. The van der Waals surface area contributed by atoms with E-state index in [4.69, 9.17) is 9.47 Å². The maximum Gasteiger partial charge on any atom is 0.410 e. The Hall–Kier alpha value is -2.34. The van der Waals surface area contributed by atoms with E-state index in [-0.39, 0.29) is 6.61 Å². The molecule has 0 radical (unpaired) electrons. The van der Waals surface area contributed by atoms with E-state index in [9.17, 15) is 14.7 Å². The summed E-state index contributed by atoms with van der Waals surface area (Å²) in [6, 6.07) is 7.92. The Labute approximate surface area is 123 Å². The Morgan fingerprint density at radius 1 is 1.38 bits per heavy atom. The van der Waals surface area contributed by atoms with Crippen LogP contribution < -0.4 is 0 Å². The lowest BCUT2D eigenvalue weighted by molar-refractivity contribution is -0.146. The summed E-state index contributed by atoms with van der Waals surface area (Å²) in [5, 5.41) is 9.23. The topological polar surface area (TPSA) is 76.1 Å². The van der Waals surface area contributed by atoms with Gasteiger partial charge in [0.2, 0.25) is 0 Å². The zero-order valence-electron chi connectivity index (χ0n) is 12.1. The third kappa shape index (κ3) is 4.61. The molecule has 21 heavy (non-hydrogen) atoms. The number of amides is 1. The number of methoxy groups -OCH3 is 1. The van der Waals surface area contributed by atoms with Crippen molar-refractivity contribution in [3.8, 4) is 0 Å². The first kappa shape index (κ1) is 16.7. The van der Waals surface area contributed by atoms with Crippen LogP contribution in [0.3, 0.4) is 0 Å². The molecule has 0 aromatic heterocycles. The Morgan fingerprint density at radius 2 is 2.00 bits per heavy atom. The van der Waals surface area contributed by atoms with Gasteiger partial charge in [-0.25, -0.2) is 9.59 Å². The lowest BCUT2D eigenvalue weighted by Gasteiger charge is -2.28. The number of rotatable bonds is 7. The van der Waals surface area contributed by atoms with Crippen LogP contribution in [0, 0.1) is 0 Å². The minimum atomic E-state index is -1.20. The highest BCUT2D eigenvalue weighted by Crippen LogP contribution is 2.11. The SMILES string of the molecule is C=C[C@H](OC)[C@H](C(=O)O)N(C)C(=O)OCc1ccccc1. The minimum Gasteiger partial charge on any atom is -0.480 e. The molecule has 1 aromatic carbocycles. The predicted molar refractivity (Wildman–Crippen MR) is 76.8 cm³/mol. The molecule has 0 bridgehead atoms. The van der Waals surface area contributed by atoms with Gasteiger partial charge >= 0.3 is 12.1 Å². The molecule has 0 spiro atoms. The van der Waals surface area contributed by atoms with E-state index in [1.165, 1.54) is 20.2 Å². The third-order valence-electron chi connectivity index (χ3n) is 2.98. The van der Waals surface area contributed by atoms with Gasteiger partial charge in [0.25, 0.3) is 0 Å². The van der Waals surface area contributed by atoms with Crippen molar-refractivity contribution in [2.75, 3.05) is 14.2 Å². The number of nitrogens with zero attached hydrogens (tertiary/aromatic N) is 1. The van der Waals surface area contributed by atoms with Crippen LogP contribution in [0.4, 0.5) is 4.79 Å². The second-order valence-corrected chi connectivity index (χ2v) is 4.37. The molecule has 0 saturated heterocycles. The van der Waals surface area contributed by atoms with Crippen LogP contribution in [0.2, 0.25) is 0 Å². The maximum absolute atomic E-state index is 11.9. The standard InChI is InChI=1S/C15H19NO5/c1-4-12(20-3)13(14(17)18)16(2)15(19)21-10-11-8-6-5-7-9-11/h4-9,12-13H,1,10H2,2-3H3,(H,17,18)/t12-,13+/m0/s1. The van der Waals surface area contributed by atoms with Gasteiger partial charge in [0, 0.05) is 14.2 Å². The summed E-state index contributed by atoms with van der Waals surface area (Å²) in [5.41, 5.74) is 0.818. The molecular formula is C15H19NO5. The highest BCUT2D eigenvalue weighted by atomic mass is 16.6. The van der Waals surface area contributed by atoms with Crippen LogP contribution in [0.5, 0.6) is 0 Å². The number of hydrogen-bond acceptors (Lipinski definition) is 4. The molecule has 2 atom stereocenters. The van der Waals surface area contributed by atoms with Crippen molar-refractivity contribution in [2.24, 2.45) is 0 Å². The highest BCUT2D eigenvalue weighted by molar-refractivity contribution is 5.80. The van der Waals surface area contributed by atoms with Crippen molar-refractivity contribution < 1.29 is 24.2 Å².